The summed E-state index contributed by atoms with van der Waals surface area (Å²) in [6, 6.07) is 7.70. The van der Waals surface area contributed by atoms with Crippen LogP contribution in [-0.2, 0) is 16.0 Å². The van der Waals surface area contributed by atoms with E-state index in [0.29, 0.717) is 25.8 Å². The van der Waals surface area contributed by atoms with Gasteiger partial charge in [-0.1, -0.05) is 29.8 Å². The van der Waals surface area contributed by atoms with Gasteiger partial charge in [-0.3, -0.25) is 9.59 Å². The van der Waals surface area contributed by atoms with E-state index in [1.54, 1.807) is 0 Å². The molecule has 1 aromatic rings. The van der Waals surface area contributed by atoms with Gasteiger partial charge in [-0.2, -0.15) is 0 Å². The van der Waals surface area contributed by atoms with Crippen LogP contribution in [0.3, 0.4) is 0 Å². The van der Waals surface area contributed by atoms with Gasteiger partial charge in [0.2, 0.25) is 11.8 Å². The fourth-order valence-electron chi connectivity index (χ4n) is 2.34. The van der Waals surface area contributed by atoms with Gasteiger partial charge in [0.1, 0.15) is 0 Å². The molecule has 120 valence electrons. The van der Waals surface area contributed by atoms with Gasteiger partial charge in [0, 0.05) is 29.9 Å². The van der Waals surface area contributed by atoms with Crippen LogP contribution in [0, 0.1) is 5.92 Å². The van der Waals surface area contributed by atoms with E-state index in [9.17, 15) is 9.59 Å². The first-order valence-corrected chi connectivity index (χ1v) is 8.24. The lowest BCUT2D eigenvalue weighted by Gasteiger charge is -2.15. The Kier molecular flexibility index (Phi) is 6.25. The van der Waals surface area contributed by atoms with E-state index in [4.69, 9.17) is 11.6 Å². The molecule has 4 nitrogen and oxygen atoms in total. The van der Waals surface area contributed by atoms with Crippen LogP contribution >= 0.6 is 11.6 Å². The first-order chi connectivity index (χ1) is 10.6. The van der Waals surface area contributed by atoms with E-state index in [0.717, 1.165) is 23.4 Å². The summed E-state index contributed by atoms with van der Waals surface area (Å²) in [5.74, 6) is 0.372. The highest BCUT2D eigenvalue weighted by Crippen LogP contribution is 2.28. The zero-order valence-electron chi connectivity index (χ0n) is 12.9. The molecule has 1 aliphatic rings. The molecular formula is C17H23ClN2O2. The zero-order valence-corrected chi connectivity index (χ0v) is 13.7. The quantitative estimate of drug-likeness (QED) is 0.723. The molecule has 1 saturated carbocycles. The van der Waals surface area contributed by atoms with E-state index in [1.807, 2.05) is 31.2 Å². The fourth-order valence-corrected chi connectivity index (χ4v) is 2.56. The van der Waals surface area contributed by atoms with E-state index in [2.05, 4.69) is 10.6 Å². The van der Waals surface area contributed by atoms with Crippen molar-refractivity contribution in [1.29, 1.82) is 0 Å². The summed E-state index contributed by atoms with van der Waals surface area (Å²) in [7, 11) is 0. The van der Waals surface area contributed by atoms with Crippen molar-refractivity contribution in [2.45, 2.75) is 45.1 Å². The number of hydrogen-bond acceptors (Lipinski definition) is 2. The summed E-state index contributed by atoms with van der Waals surface area (Å²) in [6.07, 6.45) is 3.82. The Labute approximate surface area is 136 Å². The number of amides is 2. The molecule has 0 radical (unpaired) electrons. The average Bonchev–Trinajstić information content (AvgIpc) is 3.30. The molecule has 0 aliphatic heterocycles. The lowest BCUT2D eigenvalue weighted by atomic mass is 10.1. The van der Waals surface area contributed by atoms with Crippen LogP contribution in [-0.4, -0.2) is 24.4 Å². The van der Waals surface area contributed by atoms with Crippen LogP contribution < -0.4 is 10.6 Å². The molecule has 1 aromatic carbocycles. The Bertz CT molecular complexity index is 529. The van der Waals surface area contributed by atoms with Gasteiger partial charge < -0.3 is 10.6 Å². The number of benzene rings is 1. The molecule has 22 heavy (non-hydrogen) atoms. The van der Waals surface area contributed by atoms with Crippen LogP contribution in [0.25, 0.3) is 0 Å². The van der Waals surface area contributed by atoms with Crippen molar-refractivity contribution >= 4 is 23.4 Å². The van der Waals surface area contributed by atoms with Crippen molar-refractivity contribution in [3.63, 3.8) is 0 Å². The van der Waals surface area contributed by atoms with E-state index in [-0.39, 0.29) is 23.8 Å². The van der Waals surface area contributed by atoms with Crippen LogP contribution in [0.5, 0.6) is 0 Å². The Hall–Kier alpha value is -1.55. The highest BCUT2D eigenvalue weighted by atomic mass is 35.5. The third kappa shape index (κ3) is 5.68. The molecule has 2 N–H and O–H groups in total. The number of carbonyl (C=O) groups is 2. The molecule has 1 unspecified atom stereocenters. The maximum absolute atomic E-state index is 11.9. The monoisotopic (exact) mass is 322 g/mol. The summed E-state index contributed by atoms with van der Waals surface area (Å²) < 4.78 is 0. The standard InChI is InChI=1S/C17H23ClN2O2/c1-12(11-14-5-2-3-6-15(14)18)20-16(21)7-4-10-19-17(22)13-8-9-13/h2-3,5-6,12-13H,4,7-11H2,1H3,(H,19,22)(H,20,21). The predicted octanol–water partition coefficient (Wildman–Crippen LogP) is 2.69. The van der Waals surface area contributed by atoms with E-state index >= 15 is 0 Å². The molecule has 1 fully saturated rings. The molecule has 2 amide bonds. The van der Waals surface area contributed by atoms with Gasteiger partial charge >= 0.3 is 0 Å². The molecular weight excluding hydrogens is 300 g/mol. The van der Waals surface area contributed by atoms with E-state index in [1.165, 1.54) is 0 Å². The van der Waals surface area contributed by atoms with Crippen molar-refractivity contribution in [2.75, 3.05) is 6.54 Å². The summed E-state index contributed by atoms with van der Waals surface area (Å²) >= 11 is 6.11. The first-order valence-electron chi connectivity index (χ1n) is 7.86. The van der Waals surface area contributed by atoms with Crippen LogP contribution in [0.15, 0.2) is 24.3 Å². The maximum Gasteiger partial charge on any atom is 0.223 e. The van der Waals surface area contributed by atoms with Crippen molar-refractivity contribution in [2.24, 2.45) is 5.92 Å². The molecule has 2 rings (SSSR count). The second-order valence-electron chi connectivity index (χ2n) is 5.93. The second kappa shape index (κ2) is 8.18. The minimum Gasteiger partial charge on any atom is -0.356 e. The average molecular weight is 323 g/mol. The molecule has 0 saturated heterocycles. The Morgan fingerprint density at radius 2 is 2.05 bits per heavy atom. The van der Waals surface area contributed by atoms with Crippen LogP contribution in [0.1, 0.15) is 38.2 Å². The number of carbonyl (C=O) groups excluding carboxylic acids is 2. The van der Waals surface area contributed by atoms with Crippen molar-refractivity contribution < 1.29 is 9.59 Å². The fraction of sp³-hybridized carbons (Fsp3) is 0.529. The number of halogens is 1. The summed E-state index contributed by atoms with van der Waals surface area (Å²) in [6.45, 7) is 2.54. The Morgan fingerprint density at radius 1 is 1.32 bits per heavy atom. The smallest absolute Gasteiger partial charge is 0.223 e. The zero-order chi connectivity index (χ0) is 15.9. The van der Waals surface area contributed by atoms with Crippen LogP contribution in [0.4, 0.5) is 0 Å². The molecule has 1 aliphatic carbocycles. The molecule has 0 aromatic heterocycles. The van der Waals surface area contributed by atoms with Gasteiger partial charge in [0.25, 0.3) is 0 Å². The second-order valence-corrected chi connectivity index (χ2v) is 6.34. The SMILES string of the molecule is CC(Cc1ccccc1Cl)NC(=O)CCCNC(=O)C1CC1. The molecule has 0 bridgehead atoms. The molecule has 0 spiro atoms. The third-order valence-electron chi connectivity index (χ3n) is 3.72. The third-order valence-corrected chi connectivity index (χ3v) is 4.09. The first kappa shape index (κ1) is 16.8. The normalized spacial score (nSPS) is 15.2. The molecule has 1 atom stereocenters. The molecule has 5 heteroatoms. The largest absolute Gasteiger partial charge is 0.356 e. The lowest BCUT2D eigenvalue weighted by Crippen LogP contribution is -2.34. The maximum atomic E-state index is 11.9. The Balaban J connectivity index is 1.61. The van der Waals surface area contributed by atoms with Crippen LogP contribution in [0.2, 0.25) is 5.02 Å². The van der Waals surface area contributed by atoms with Gasteiger partial charge in [-0.25, -0.2) is 0 Å². The lowest BCUT2D eigenvalue weighted by molar-refractivity contribution is -0.123. The highest BCUT2D eigenvalue weighted by molar-refractivity contribution is 6.31. The van der Waals surface area contributed by atoms with Crippen molar-refractivity contribution in [1.82, 2.24) is 10.6 Å². The van der Waals surface area contributed by atoms with E-state index < -0.39 is 0 Å². The minimum absolute atomic E-state index is 0.0141. The van der Waals surface area contributed by atoms with Crippen molar-refractivity contribution in [3.05, 3.63) is 34.9 Å². The summed E-state index contributed by atoms with van der Waals surface area (Å²) in [5.41, 5.74) is 1.04. The molecule has 0 heterocycles. The number of rotatable bonds is 8. The van der Waals surface area contributed by atoms with Gasteiger partial charge in [0.15, 0.2) is 0 Å². The topological polar surface area (TPSA) is 58.2 Å². The van der Waals surface area contributed by atoms with Gasteiger partial charge in [-0.05, 0) is 44.2 Å². The summed E-state index contributed by atoms with van der Waals surface area (Å²) in [5, 5.41) is 6.56. The van der Waals surface area contributed by atoms with Crippen molar-refractivity contribution in [3.8, 4) is 0 Å². The Morgan fingerprint density at radius 3 is 2.73 bits per heavy atom. The predicted molar refractivity (Wildman–Crippen MR) is 87.7 cm³/mol. The summed E-state index contributed by atoms with van der Waals surface area (Å²) in [4.78, 5) is 23.3. The number of nitrogens with one attached hydrogen (secondary N) is 2. The highest BCUT2D eigenvalue weighted by Gasteiger charge is 2.28. The minimum atomic E-state index is 0.0141. The van der Waals surface area contributed by atoms with Gasteiger partial charge in [-0.15, -0.1) is 0 Å². The van der Waals surface area contributed by atoms with Gasteiger partial charge in [0.05, 0.1) is 0 Å². The number of hydrogen-bond donors (Lipinski definition) is 2.